The Kier molecular flexibility index (Phi) is 5.30. The molecule has 0 bridgehead atoms. The lowest BCUT2D eigenvalue weighted by Crippen LogP contribution is -2.19. The van der Waals surface area contributed by atoms with Crippen LogP contribution in [-0.4, -0.2) is 16.7 Å². The molecule has 28 heavy (non-hydrogen) atoms. The van der Waals surface area contributed by atoms with Crippen LogP contribution >= 0.6 is 11.3 Å². The second kappa shape index (κ2) is 8.19. The van der Waals surface area contributed by atoms with Gasteiger partial charge < -0.3 is 4.57 Å². The maximum absolute atomic E-state index is 13.1. The van der Waals surface area contributed by atoms with Gasteiger partial charge in [-0.3, -0.25) is 4.79 Å². The van der Waals surface area contributed by atoms with E-state index < -0.39 is 0 Å². The van der Waals surface area contributed by atoms with Gasteiger partial charge >= 0.3 is 0 Å². The van der Waals surface area contributed by atoms with Crippen LogP contribution in [0.25, 0.3) is 10.9 Å². The lowest BCUT2D eigenvalue weighted by Gasteiger charge is -2.05. The van der Waals surface area contributed by atoms with Crippen molar-refractivity contribution in [3.63, 3.8) is 0 Å². The highest BCUT2D eigenvalue weighted by molar-refractivity contribution is 7.10. The van der Waals surface area contributed by atoms with Crippen molar-refractivity contribution in [3.8, 4) is 0 Å². The lowest BCUT2D eigenvalue weighted by atomic mass is 10.2. The van der Waals surface area contributed by atoms with Crippen LogP contribution in [0.3, 0.4) is 0 Å². The molecule has 0 radical (unpaired) electrons. The highest BCUT2D eigenvalue weighted by Crippen LogP contribution is 2.21. The molecule has 0 unspecified atom stereocenters. The topological polar surface area (TPSA) is 46.4 Å². The van der Waals surface area contributed by atoms with Gasteiger partial charge in [0, 0.05) is 34.1 Å². The lowest BCUT2D eigenvalue weighted by molar-refractivity contribution is -0.120. The fourth-order valence-electron chi connectivity index (χ4n) is 3.08. The maximum atomic E-state index is 13.1. The summed E-state index contributed by atoms with van der Waals surface area (Å²) >= 11 is 1.55. The Morgan fingerprint density at radius 2 is 1.93 bits per heavy atom. The van der Waals surface area contributed by atoms with E-state index in [2.05, 4.69) is 15.1 Å². The van der Waals surface area contributed by atoms with Crippen LogP contribution in [0.1, 0.15) is 16.0 Å². The zero-order valence-corrected chi connectivity index (χ0v) is 15.8. The molecule has 140 valence electrons. The first-order valence-electron chi connectivity index (χ1n) is 8.85. The van der Waals surface area contributed by atoms with Gasteiger partial charge in [0.15, 0.2) is 0 Å². The minimum atomic E-state index is -0.243. The summed E-state index contributed by atoms with van der Waals surface area (Å²) in [7, 11) is 0. The van der Waals surface area contributed by atoms with Gasteiger partial charge in [0.25, 0.3) is 0 Å². The number of rotatable bonds is 6. The van der Waals surface area contributed by atoms with Crippen LogP contribution in [0.15, 0.2) is 77.3 Å². The molecule has 1 N–H and O–H groups in total. The Morgan fingerprint density at radius 1 is 1.11 bits per heavy atom. The zero-order valence-electron chi connectivity index (χ0n) is 15.0. The van der Waals surface area contributed by atoms with Crippen molar-refractivity contribution >= 4 is 34.4 Å². The number of benzene rings is 2. The number of aromatic nitrogens is 1. The first-order valence-corrected chi connectivity index (χ1v) is 9.73. The summed E-state index contributed by atoms with van der Waals surface area (Å²) in [4.78, 5) is 13.0. The number of fused-ring (bicyclic) bond motifs is 1. The third kappa shape index (κ3) is 4.18. The third-order valence-corrected chi connectivity index (χ3v) is 5.27. The molecule has 4 aromatic rings. The van der Waals surface area contributed by atoms with Crippen LogP contribution in [0.4, 0.5) is 4.39 Å². The van der Waals surface area contributed by atoms with Gasteiger partial charge in [-0.1, -0.05) is 36.4 Å². The molecule has 1 amide bonds. The number of hydrogen-bond donors (Lipinski definition) is 1. The first-order chi connectivity index (χ1) is 13.7. The van der Waals surface area contributed by atoms with Crippen LogP contribution in [0.2, 0.25) is 0 Å². The molecule has 4 nitrogen and oxygen atoms in total. The number of hydrogen-bond acceptors (Lipinski definition) is 3. The SMILES string of the molecule is O=C(Cc1cccs1)N/N=C\c1cn(Cc2ccc(F)cc2)c2ccccc12. The van der Waals surface area contributed by atoms with E-state index in [1.807, 2.05) is 48.0 Å². The monoisotopic (exact) mass is 391 g/mol. The van der Waals surface area contributed by atoms with Crippen LogP contribution < -0.4 is 5.43 Å². The van der Waals surface area contributed by atoms with Crippen LogP contribution in [0.5, 0.6) is 0 Å². The summed E-state index contributed by atoms with van der Waals surface area (Å²) in [5.41, 5.74) is 5.56. The van der Waals surface area contributed by atoms with E-state index in [9.17, 15) is 9.18 Å². The van der Waals surface area contributed by atoms with Crippen molar-refractivity contribution in [2.45, 2.75) is 13.0 Å². The minimum Gasteiger partial charge on any atom is -0.342 e. The average molecular weight is 391 g/mol. The molecule has 2 aromatic heterocycles. The van der Waals surface area contributed by atoms with E-state index in [0.717, 1.165) is 26.9 Å². The van der Waals surface area contributed by atoms with Gasteiger partial charge in [-0.25, -0.2) is 9.82 Å². The molecule has 0 fully saturated rings. The zero-order chi connectivity index (χ0) is 19.3. The number of thiophene rings is 1. The summed E-state index contributed by atoms with van der Waals surface area (Å²) in [6.45, 7) is 0.624. The van der Waals surface area contributed by atoms with Crippen molar-refractivity contribution in [1.29, 1.82) is 0 Å². The molecule has 0 aliphatic heterocycles. The molecule has 2 heterocycles. The molecule has 0 atom stereocenters. The molecule has 0 aliphatic carbocycles. The van der Waals surface area contributed by atoms with E-state index in [4.69, 9.17) is 0 Å². The second-order valence-corrected chi connectivity index (χ2v) is 7.44. The van der Waals surface area contributed by atoms with E-state index in [1.54, 1.807) is 29.7 Å². The Bertz CT molecular complexity index is 1110. The standard InChI is InChI=1S/C22H18FN3OS/c23-18-9-7-16(8-10-18)14-26-15-17(20-5-1-2-6-21(20)26)13-24-25-22(27)12-19-4-3-11-28-19/h1-11,13,15H,12,14H2,(H,25,27)/b24-13-. The highest BCUT2D eigenvalue weighted by atomic mass is 32.1. The number of hydrazone groups is 1. The molecule has 0 aliphatic rings. The van der Waals surface area contributed by atoms with Gasteiger partial charge in [-0.05, 0) is 35.2 Å². The average Bonchev–Trinajstić information content (AvgIpc) is 3.32. The first kappa shape index (κ1) is 18.1. The number of halogens is 1. The van der Waals surface area contributed by atoms with Crippen molar-refractivity contribution in [2.75, 3.05) is 0 Å². The molecule has 0 spiro atoms. The predicted octanol–water partition coefficient (Wildman–Crippen LogP) is 4.58. The fourth-order valence-corrected chi connectivity index (χ4v) is 3.78. The van der Waals surface area contributed by atoms with Gasteiger partial charge in [0.2, 0.25) is 5.91 Å². The quantitative estimate of drug-likeness (QED) is 0.379. The molecular weight excluding hydrogens is 373 g/mol. The van der Waals surface area contributed by atoms with Gasteiger partial charge in [-0.2, -0.15) is 5.10 Å². The number of nitrogens with zero attached hydrogens (tertiary/aromatic N) is 2. The number of para-hydroxylation sites is 1. The summed E-state index contributed by atoms with van der Waals surface area (Å²) in [6, 6.07) is 18.3. The number of amides is 1. The summed E-state index contributed by atoms with van der Waals surface area (Å²) < 4.78 is 15.2. The molecular formula is C22H18FN3OS. The van der Waals surface area contributed by atoms with Crippen LogP contribution in [0, 0.1) is 5.82 Å². The van der Waals surface area contributed by atoms with Gasteiger partial charge in [0.1, 0.15) is 5.82 Å². The second-order valence-electron chi connectivity index (χ2n) is 6.41. The Balaban J connectivity index is 1.52. The Hall–Kier alpha value is -3.25. The van der Waals surface area contributed by atoms with Crippen molar-refractivity contribution in [3.05, 3.63) is 94.1 Å². The predicted molar refractivity (Wildman–Crippen MR) is 111 cm³/mol. The number of carbonyl (C=O) groups excluding carboxylic acids is 1. The van der Waals surface area contributed by atoms with E-state index in [-0.39, 0.29) is 11.7 Å². The fraction of sp³-hybridized carbons (Fsp3) is 0.0909. The summed E-state index contributed by atoms with van der Waals surface area (Å²) in [5.74, 6) is -0.388. The maximum Gasteiger partial charge on any atom is 0.245 e. The molecule has 6 heteroatoms. The van der Waals surface area contributed by atoms with Gasteiger partial charge in [0.05, 0.1) is 12.6 Å². The number of nitrogens with one attached hydrogen (secondary N) is 1. The largest absolute Gasteiger partial charge is 0.342 e. The van der Waals surface area contributed by atoms with E-state index >= 15 is 0 Å². The highest BCUT2D eigenvalue weighted by Gasteiger charge is 2.08. The minimum absolute atomic E-state index is 0.145. The summed E-state index contributed by atoms with van der Waals surface area (Å²) in [5, 5.41) is 7.11. The smallest absolute Gasteiger partial charge is 0.245 e. The van der Waals surface area contributed by atoms with E-state index in [0.29, 0.717) is 13.0 Å². The van der Waals surface area contributed by atoms with Gasteiger partial charge in [-0.15, -0.1) is 11.3 Å². The Labute approximate surface area is 165 Å². The van der Waals surface area contributed by atoms with Crippen LogP contribution in [-0.2, 0) is 17.8 Å². The summed E-state index contributed by atoms with van der Waals surface area (Å²) in [6.07, 6.45) is 3.97. The normalized spacial score (nSPS) is 11.3. The molecule has 0 saturated heterocycles. The van der Waals surface area contributed by atoms with Crippen molar-refractivity contribution in [2.24, 2.45) is 5.10 Å². The van der Waals surface area contributed by atoms with E-state index in [1.165, 1.54) is 12.1 Å². The van der Waals surface area contributed by atoms with Crippen molar-refractivity contribution in [1.82, 2.24) is 9.99 Å². The molecule has 2 aromatic carbocycles. The van der Waals surface area contributed by atoms with Crippen molar-refractivity contribution < 1.29 is 9.18 Å². The number of carbonyl (C=O) groups is 1. The Morgan fingerprint density at radius 3 is 2.71 bits per heavy atom. The molecule has 4 rings (SSSR count). The third-order valence-electron chi connectivity index (χ3n) is 4.39. The molecule has 0 saturated carbocycles.